The standard InChI is InChI=1S/C13H21BrN2O/c1-3-16(9-11-5-4-8-15-11)10(2)12-6-7-13(14)17-12/h6-7,10-11,15H,3-5,8-9H2,1-2H3. The quantitative estimate of drug-likeness (QED) is 0.905. The van der Waals surface area contributed by atoms with Crippen LogP contribution in [0.1, 0.15) is 38.5 Å². The Balaban J connectivity index is 1.96. The molecule has 1 aromatic heterocycles. The van der Waals surface area contributed by atoms with Crippen molar-refractivity contribution in [2.24, 2.45) is 0 Å². The molecule has 0 radical (unpaired) electrons. The van der Waals surface area contributed by atoms with E-state index in [9.17, 15) is 0 Å². The zero-order chi connectivity index (χ0) is 12.3. The summed E-state index contributed by atoms with van der Waals surface area (Å²) >= 11 is 3.36. The van der Waals surface area contributed by atoms with Gasteiger partial charge in [-0.25, -0.2) is 0 Å². The van der Waals surface area contributed by atoms with Crippen LogP contribution < -0.4 is 5.32 Å². The molecule has 2 unspecified atom stereocenters. The maximum Gasteiger partial charge on any atom is 0.169 e. The normalized spacial score (nSPS) is 22.2. The number of hydrogen-bond donors (Lipinski definition) is 1. The van der Waals surface area contributed by atoms with Crippen LogP contribution in [-0.4, -0.2) is 30.6 Å². The summed E-state index contributed by atoms with van der Waals surface area (Å²) in [5.41, 5.74) is 0. The number of furan rings is 1. The van der Waals surface area contributed by atoms with Gasteiger partial charge < -0.3 is 9.73 Å². The first-order chi connectivity index (χ1) is 8.20. The van der Waals surface area contributed by atoms with Gasteiger partial charge in [0.25, 0.3) is 0 Å². The van der Waals surface area contributed by atoms with Gasteiger partial charge in [-0.15, -0.1) is 0 Å². The summed E-state index contributed by atoms with van der Waals surface area (Å²) in [7, 11) is 0. The van der Waals surface area contributed by atoms with E-state index < -0.39 is 0 Å². The van der Waals surface area contributed by atoms with E-state index in [1.807, 2.05) is 6.07 Å². The molecule has 1 fully saturated rings. The summed E-state index contributed by atoms with van der Waals surface area (Å²) in [5, 5.41) is 3.55. The van der Waals surface area contributed by atoms with Crippen LogP contribution >= 0.6 is 15.9 Å². The second kappa shape index (κ2) is 6.03. The van der Waals surface area contributed by atoms with Crippen LogP contribution in [0, 0.1) is 0 Å². The number of nitrogens with zero attached hydrogens (tertiary/aromatic N) is 1. The van der Waals surface area contributed by atoms with Crippen molar-refractivity contribution in [1.29, 1.82) is 0 Å². The highest BCUT2D eigenvalue weighted by Crippen LogP contribution is 2.25. The Labute approximate surface area is 112 Å². The zero-order valence-corrected chi connectivity index (χ0v) is 12.2. The van der Waals surface area contributed by atoms with Crippen LogP contribution in [0.2, 0.25) is 0 Å². The van der Waals surface area contributed by atoms with Gasteiger partial charge in [0, 0.05) is 12.6 Å². The van der Waals surface area contributed by atoms with Gasteiger partial charge in [-0.1, -0.05) is 6.92 Å². The maximum absolute atomic E-state index is 5.65. The smallest absolute Gasteiger partial charge is 0.169 e. The van der Waals surface area contributed by atoms with E-state index in [0.717, 1.165) is 23.5 Å². The van der Waals surface area contributed by atoms with Crippen LogP contribution in [-0.2, 0) is 0 Å². The molecular weight excluding hydrogens is 280 g/mol. The van der Waals surface area contributed by atoms with Crippen LogP contribution in [0.3, 0.4) is 0 Å². The summed E-state index contributed by atoms with van der Waals surface area (Å²) in [6.07, 6.45) is 2.61. The summed E-state index contributed by atoms with van der Waals surface area (Å²) in [6, 6.07) is 5.01. The molecule has 0 spiro atoms. The molecule has 2 rings (SSSR count). The fourth-order valence-electron chi connectivity index (χ4n) is 2.49. The summed E-state index contributed by atoms with van der Waals surface area (Å²) < 4.78 is 6.46. The summed E-state index contributed by atoms with van der Waals surface area (Å²) in [5.74, 6) is 1.04. The van der Waals surface area contributed by atoms with Crippen LogP contribution in [0.15, 0.2) is 21.2 Å². The molecule has 1 aliphatic rings. The van der Waals surface area contributed by atoms with Crippen molar-refractivity contribution in [2.75, 3.05) is 19.6 Å². The highest BCUT2D eigenvalue weighted by molar-refractivity contribution is 9.10. The largest absolute Gasteiger partial charge is 0.453 e. The SMILES string of the molecule is CCN(CC1CCCN1)C(C)c1ccc(Br)o1. The molecule has 17 heavy (non-hydrogen) atoms. The van der Waals surface area contributed by atoms with Gasteiger partial charge >= 0.3 is 0 Å². The third-order valence-corrected chi connectivity index (χ3v) is 4.00. The Bertz CT molecular complexity index is 347. The molecule has 2 heterocycles. The minimum absolute atomic E-state index is 0.341. The van der Waals surface area contributed by atoms with Crippen molar-refractivity contribution in [1.82, 2.24) is 10.2 Å². The molecule has 96 valence electrons. The van der Waals surface area contributed by atoms with Gasteiger partial charge in [-0.3, -0.25) is 4.90 Å². The lowest BCUT2D eigenvalue weighted by Crippen LogP contribution is -2.38. The van der Waals surface area contributed by atoms with Crippen molar-refractivity contribution in [3.63, 3.8) is 0 Å². The van der Waals surface area contributed by atoms with Gasteiger partial charge in [0.15, 0.2) is 4.67 Å². The number of hydrogen-bond acceptors (Lipinski definition) is 3. The van der Waals surface area contributed by atoms with E-state index in [-0.39, 0.29) is 0 Å². The zero-order valence-electron chi connectivity index (χ0n) is 10.6. The van der Waals surface area contributed by atoms with E-state index in [1.165, 1.54) is 19.4 Å². The number of rotatable bonds is 5. The first-order valence-corrected chi connectivity index (χ1v) is 7.22. The molecule has 0 saturated carbocycles. The molecule has 2 atom stereocenters. The third kappa shape index (κ3) is 3.33. The van der Waals surface area contributed by atoms with E-state index in [2.05, 4.69) is 46.1 Å². The Morgan fingerprint density at radius 1 is 1.59 bits per heavy atom. The fourth-order valence-corrected chi connectivity index (χ4v) is 2.81. The topological polar surface area (TPSA) is 28.4 Å². The van der Waals surface area contributed by atoms with Crippen LogP contribution in [0.25, 0.3) is 0 Å². The minimum atomic E-state index is 0.341. The van der Waals surface area contributed by atoms with Crippen molar-refractivity contribution in [3.05, 3.63) is 22.6 Å². The molecule has 0 bridgehead atoms. The molecule has 3 nitrogen and oxygen atoms in total. The van der Waals surface area contributed by atoms with Gasteiger partial charge in [0.1, 0.15) is 5.76 Å². The molecule has 1 N–H and O–H groups in total. The van der Waals surface area contributed by atoms with E-state index in [1.54, 1.807) is 0 Å². The minimum Gasteiger partial charge on any atom is -0.453 e. The van der Waals surface area contributed by atoms with Gasteiger partial charge in [-0.2, -0.15) is 0 Å². The lowest BCUT2D eigenvalue weighted by Gasteiger charge is -2.29. The van der Waals surface area contributed by atoms with Crippen molar-refractivity contribution in [2.45, 2.75) is 38.8 Å². The molecule has 1 saturated heterocycles. The predicted molar refractivity (Wildman–Crippen MR) is 73.1 cm³/mol. The summed E-state index contributed by atoms with van der Waals surface area (Å²) in [4.78, 5) is 2.47. The molecule has 0 aromatic carbocycles. The van der Waals surface area contributed by atoms with E-state index >= 15 is 0 Å². The first-order valence-electron chi connectivity index (χ1n) is 6.43. The Morgan fingerprint density at radius 3 is 2.94 bits per heavy atom. The highest BCUT2D eigenvalue weighted by atomic mass is 79.9. The van der Waals surface area contributed by atoms with Gasteiger partial charge in [0.2, 0.25) is 0 Å². The number of likely N-dealkylation sites (N-methyl/N-ethyl adjacent to an activating group) is 1. The monoisotopic (exact) mass is 300 g/mol. The van der Waals surface area contributed by atoms with Crippen LogP contribution in [0.5, 0.6) is 0 Å². The fraction of sp³-hybridized carbons (Fsp3) is 0.692. The Kier molecular flexibility index (Phi) is 4.65. The summed E-state index contributed by atoms with van der Waals surface area (Å²) in [6.45, 7) is 7.75. The molecule has 0 amide bonds. The van der Waals surface area contributed by atoms with Crippen molar-refractivity contribution < 1.29 is 4.42 Å². The lowest BCUT2D eigenvalue weighted by molar-refractivity contribution is 0.180. The van der Waals surface area contributed by atoms with Gasteiger partial charge in [-0.05, 0) is 60.9 Å². The molecular formula is C13H21BrN2O. The molecule has 1 aliphatic heterocycles. The average Bonchev–Trinajstić information content (AvgIpc) is 2.96. The molecule has 1 aromatic rings. The predicted octanol–water partition coefficient (Wildman–Crippen LogP) is 3.18. The molecule has 4 heteroatoms. The van der Waals surface area contributed by atoms with Gasteiger partial charge in [0.05, 0.1) is 6.04 Å². The second-order valence-corrected chi connectivity index (χ2v) is 5.48. The van der Waals surface area contributed by atoms with Crippen molar-refractivity contribution >= 4 is 15.9 Å². The van der Waals surface area contributed by atoms with Crippen LogP contribution in [0.4, 0.5) is 0 Å². The van der Waals surface area contributed by atoms with Crippen molar-refractivity contribution in [3.8, 4) is 0 Å². The second-order valence-electron chi connectivity index (χ2n) is 4.70. The lowest BCUT2D eigenvalue weighted by atomic mass is 10.1. The third-order valence-electron chi connectivity index (χ3n) is 3.58. The average molecular weight is 301 g/mol. The Morgan fingerprint density at radius 2 is 2.41 bits per heavy atom. The highest BCUT2D eigenvalue weighted by Gasteiger charge is 2.22. The van der Waals surface area contributed by atoms with E-state index in [0.29, 0.717) is 12.1 Å². The Hall–Kier alpha value is -0.320. The molecule has 0 aliphatic carbocycles. The number of halogens is 1. The first kappa shape index (κ1) is 13.1. The van der Waals surface area contributed by atoms with E-state index in [4.69, 9.17) is 4.42 Å². The number of nitrogens with one attached hydrogen (secondary N) is 1. The maximum atomic E-state index is 5.65.